The Balaban J connectivity index is 1.91. The smallest absolute Gasteiger partial charge is 0.315 e. The van der Waals surface area contributed by atoms with Crippen LogP contribution in [0.2, 0.25) is 0 Å². The maximum Gasteiger partial charge on any atom is 0.315 e. The molecule has 1 heterocycles. The molecule has 6 heteroatoms. The van der Waals surface area contributed by atoms with Crippen molar-refractivity contribution in [1.29, 1.82) is 0 Å². The van der Waals surface area contributed by atoms with Crippen LogP contribution in [0.25, 0.3) is 0 Å². The molecule has 1 aromatic carbocycles. The largest absolute Gasteiger partial charge is 0.482 e. The van der Waals surface area contributed by atoms with Gasteiger partial charge >= 0.3 is 6.03 Å². The SMILES string of the molecule is CC(C)(C)NC(=O)NCCN1C(=O)COc2ccccc21. The van der Waals surface area contributed by atoms with Crippen molar-refractivity contribution < 1.29 is 14.3 Å². The summed E-state index contributed by atoms with van der Waals surface area (Å²) in [5.41, 5.74) is 0.456. The van der Waals surface area contributed by atoms with Gasteiger partial charge in [0.15, 0.2) is 6.61 Å². The number of carbonyl (C=O) groups is 2. The Labute approximate surface area is 124 Å². The lowest BCUT2D eigenvalue weighted by atomic mass is 10.1. The highest BCUT2D eigenvalue weighted by Gasteiger charge is 2.24. The summed E-state index contributed by atoms with van der Waals surface area (Å²) in [6, 6.07) is 7.14. The van der Waals surface area contributed by atoms with Crippen LogP contribution in [0, 0.1) is 0 Å². The van der Waals surface area contributed by atoms with E-state index >= 15 is 0 Å². The molecule has 1 aliphatic heterocycles. The summed E-state index contributed by atoms with van der Waals surface area (Å²) < 4.78 is 5.37. The van der Waals surface area contributed by atoms with E-state index in [1.807, 2.05) is 45.0 Å². The number of hydrogen-bond donors (Lipinski definition) is 2. The van der Waals surface area contributed by atoms with E-state index < -0.39 is 0 Å². The predicted molar refractivity (Wildman–Crippen MR) is 80.6 cm³/mol. The zero-order chi connectivity index (χ0) is 15.5. The molecule has 21 heavy (non-hydrogen) atoms. The van der Waals surface area contributed by atoms with E-state index in [4.69, 9.17) is 4.74 Å². The number of hydrogen-bond acceptors (Lipinski definition) is 3. The fraction of sp³-hybridized carbons (Fsp3) is 0.467. The quantitative estimate of drug-likeness (QED) is 0.887. The second kappa shape index (κ2) is 6.03. The zero-order valence-corrected chi connectivity index (χ0v) is 12.6. The number of urea groups is 1. The zero-order valence-electron chi connectivity index (χ0n) is 12.6. The van der Waals surface area contributed by atoms with Gasteiger partial charge in [-0.1, -0.05) is 12.1 Å². The molecule has 0 aromatic heterocycles. The van der Waals surface area contributed by atoms with Gasteiger partial charge < -0.3 is 20.3 Å². The minimum atomic E-state index is -0.286. The summed E-state index contributed by atoms with van der Waals surface area (Å²) in [5, 5.41) is 5.56. The third-order valence-corrected chi connectivity index (χ3v) is 2.92. The number of rotatable bonds is 3. The molecule has 0 fully saturated rings. The predicted octanol–water partition coefficient (Wildman–Crippen LogP) is 1.51. The highest BCUT2D eigenvalue weighted by atomic mass is 16.5. The molecule has 1 aliphatic rings. The lowest BCUT2D eigenvalue weighted by Crippen LogP contribution is -2.49. The maximum atomic E-state index is 11.9. The van der Waals surface area contributed by atoms with Gasteiger partial charge in [-0.25, -0.2) is 4.79 Å². The van der Waals surface area contributed by atoms with Gasteiger partial charge in [-0.2, -0.15) is 0 Å². The van der Waals surface area contributed by atoms with E-state index in [0.29, 0.717) is 18.8 Å². The molecule has 114 valence electrons. The monoisotopic (exact) mass is 291 g/mol. The van der Waals surface area contributed by atoms with Crippen LogP contribution < -0.4 is 20.3 Å². The number of benzene rings is 1. The summed E-state index contributed by atoms with van der Waals surface area (Å²) in [4.78, 5) is 25.2. The average Bonchev–Trinajstić information content (AvgIpc) is 2.39. The Hall–Kier alpha value is -2.24. The second-order valence-electron chi connectivity index (χ2n) is 5.93. The first-order chi connectivity index (χ1) is 9.87. The summed E-state index contributed by atoms with van der Waals surface area (Å²) in [6.07, 6.45) is 0. The second-order valence-corrected chi connectivity index (χ2v) is 5.93. The molecule has 2 N–H and O–H groups in total. The van der Waals surface area contributed by atoms with Crippen molar-refractivity contribution in [2.24, 2.45) is 0 Å². The number of fused-ring (bicyclic) bond motifs is 1. The van der Waals surface area contributed by atoms with Gasteiger partial charge in [0.25, 0.3) is 5.91 Å². The Bertz CT molecular complexity index is 537. The number of para-hydroxylation sites is 2. The van der Waals surface area contributed by atoms with Crippen molar-refractivity contribution in [2.75, 3.05) is 24.6 Å². The number of nitrogens with one attached hydrogen (secondary N) is 2. The van der Waals surface area contributed by atoms with Crippen molar-refractivity contribution in [1.82, 2.24) is 10.6 Å². The van der Waals surface area contributed by atoms with E-state index in [1.54, 1.807) is 4.90 Å². The summed E-state index contributed by atoms with van der Waals surface area (Å²) in [5.74, 6) is 0.586. The van der Waals surface area contributed by atoms with E-state index in [9.17, 15) is 9.59 Å². The number of ether oxygens (including phenoxy) is 1. The number of carbonyl (C=O) groups excluding carboxylic acids is 2. The van der Waals surface area contributed by atoms with Crippen LogP contribution in [-0.2, 0) is 4.79 Å². The van der Waals surface area contributed by atoms with Gasteiger partial charge in [-0.05, 0) is 32.9 Å². The molecule has 0 bridgehead atoms. The number of anilines is 1. The van der Waals surface area contributed by atoms with Crippen molar-refractivity contribution in [3.8, 4) is 5.75 Å². The van der Waals surface area contributed by atoms with E-state index in [2.05, 4.69) is 10.6 Å². The van der Waals surface area contributed by atoms with Gasteiger partial charge in [0.2, 0.25) is 0 Å². The molecule has 3 amide bonds. The normalized spacial score (nSPS) is 14.2. The molecule has 2 rings (SSSR count). The van der Waals surface area contributed by atoms with Crippen LogP contribution >= 0.6 is 0 Å². The molecule has 0 radical (unpaired) electrons. The Morgan fingerprint density at radius 1 is 1.33 bits per heavy atom. The van der Waals surface area contributed by atoms with Crippen molar-refractivity contribution >= 4 is 17.6 Å². The van der Waals surface area contributed by atoms with Gasteiger partial charge in [0.1, 0.15) is 5.75 Å². The molecular weight excluding hydrogens is 270 g/mol. The van der Waals surface area contributed by atoms with Crippen LogP contribution in [0.15, 0.2) is 24.3 Å². The molecule has 1 aromatic rings. The molecule has 6 nitrogen and oxygen atoms in total. The molecule has 0 atom stereocenters. The van der Waals surface area contributed by atoms with Crippen LogP contribution in [0.3, 0.4) is 0 Å². The summed E-state index contributed by atoms with van der Waals surface area (Å²) in [7, 11) is 0. The molecule has 0 unspecified atom stereocenters. The standard InChI is InChI=1S/C15H21N3O3/c1-15(2,3)17-14(20)16-8-9-18-11-6-4-5-7-12(11)21-10-13(18)19/h4-7H,8-10H2,1-3H3,(H2,16,17,20). The first-order valence-corrected chi connectivity index (χ1v) is 6.95. The van der Waals surface area contributed by atoms with Crippen LogP contribution in [0.5, 0.6) is 5.75 Å². The Morgan fingerprint density at radius 3 is 2.76 bits per heavy atom. The van der Waals surface area contributed by atoms with E-state index in [-0.39, 0.29) is 24.1 Å². The molecular formula is C15H21N3O3. The van der Waals surface area contributed by atoms with E-state index in [1.165, 1.54) is 0 Å². The van der Waals surface area contributed by atoms with Gasteiger partial charge in [-0.15, -0.1) is 0 Å². The molecule has 0 spiro atoms. The summed E-state index contributed by atoms with van der Waals surface area (Å²) >= 11 is 0. The van der Waals surface area contributed by atoms with E-state index in [0.717, 1.165) is 5.69 Å². The van der Waals surface area contributed by atoms with Gasteiger partial charge in [0, 0.05) is 18.6 Å². The lowest BCUT2D eigenvalue weighted by Gasteiger charge is -2.29. The first-order valence-electron chi connectivity index (χ1n) is 6.95. The lowest BCUT2D eigenvalue weighted by molar-refractivity contribution is -0.121. The van der Waals surface area contributed by atoms with Crippen LogP contribution in [0.4, 0.5) is 10.5 Å². The summed E-state index contributed by atoms with van der Waals surface area (Å²) in [6.45, 7) is 6.56. The van der Waals surface area contributed by atoms with Gasteiger partial charge in [0.05, 0.1) is 5.69 Å². The fourth-order valence-electron chi connectivity index (χ4n) is 2.07. The van der Waals surface area contributed by atoms with Crippen LogP contribution in [0.1, 0.15) is 20.8 Å². The van der Waals surface area contributed by atoms with Gasteiger partial charge in [-0.3, -0.25) is 4.79 Å². The van der Waals surface area contributed by atoms with Crippen molar-refractivity contribution in [2.45, 2.75) is 26.3 Å². The molecule has 0 saturated carbocycles. The highest BCUT2D eigenvalue weighted by molar-refractivity contribution is 5.97. The third-order valence-electron chi connectivity index (χ3n) is 2.92. The van der Waals surface area contributed by atoms with Crippen molar-refractivity contribution in [3.05, 3.63) is 24.3 Å². The number of nitrogens with zero attached hydrogens (tertiary/aromatic N) is 1. The van der Waals surface area contributed by atoms with Crippen LogP contribution in [-0.4, -0.2) is 37.2 Å². The Morgan fingerprint density at radius 2 is 2.05 bits per heavy atom. The number of amides is 3. The topological polar surface area (TPSA) is 70.7 Å². The fourth-order valence-corrected chi connectivity index (χ4v) is 2.07. The third kappa shape index (κ3) is 4.11. The highest BCUT2D eigenvalue weighted by Crippen LogP contribution is 2.30. The molecule has 0 aliphatic carbocycles. The average molecular weight is 291 g/mol. The Kier molecular flexibility index (Phi) is 4.35. The molecule has 0 saturated heterocycles. The van der Waals surface area contributed by atoms with Crippen molar-refractivity contribution in [3.63, 3.8) is 0 Å². The maximum absolute atomic E-state index is 11.9. The minimum Gasteiger partial charge on any atom is -0.482 e. The first kappa shape index (κ1) is 15.2. The minimum absolute atomic E-state index is 0.0329.